The molecule has 1 nitrogen and oxygen atoms in total. The highest BCUT2D eigenvalue weighted by Crippen LogP contribution is 2.57. The molecule has 0 aromatic rings. The summed E-state index contributed by atoms with van der Waals surface area (Å²) in [4.78, 5) is 12.0. The minimum Gasteiger partial charge on any atom is -0.299 e. The molecule has 2 unspecified atom stereocenters. The van der Waals surface area contributed by atoms with E-state index in [-0.39, 0.29) is 0 Å². The largest absolute Gasteiger partial charge is 0.299 e. The predicted octanol–water partition coefficient (Wildman–Crippen LogP) is 3.10. The van der Waals surface area contributed by atoms with E-state index in [1.807, 2.05) is 0 Å². The number of carbonyl (C=O) groups is 1. The van der Waals surface area contributed by atoms with Crippen molar-refractivity contribution in [2.45, 2.75) is 44.9 Å². The average molecular weight is 202 g/mol. The molecule has 0 N–H and O–H groups in total. The van der Waals surface area contributed by atoms with Crippen molar-refractivity contribution in [2.75, 3.05) is 0 Å². The molecule has 6 aliphatic rings. The summed E-state index contributed by atoms with van der Waals surface area (Å²) in [7, 11) is 0. The van der Waals surface area contributed by atoms with Crippen LogP contribution in [0.15, 0.2) is 11.1 Å². The first-order valence-corrected chi connectivity index (χ1v) is 6.61. The highest BCUT2D eigenvalue weighted by molar-refractivity contribution is 5.87. The second-order valence-corrected chi connectivity index (χ2v) is 5.96. The maximum absolute atomic E-state index is 12.0. The molecule has 0 aliphatic heterocycles. The normalized spacial score (nSPS) is 47.3. The van der Waals surface area contributed by atoms with E-state index in [9.17, 15) is 4.79 Å². The minimum absolute atomic E-state index is 0.387. The van der Waals surface area contributed by atoms with Crippen LogP contribution in [0, 0.1) is 23.7 Å². The zero-order chi connectivity index (χ0) is 9.99. The van der Waals surface area contributed by atoms with E-state index in [0.717, 1.165) is 18.3 Å². The molecular formula is C14H18O. The minimum atomic E-state index is 0.387. The third-order valence-electron chi connectivity index (χ3n) is 5.40. The smallest absolute Gasteiger partial charge is 0.140 e. The van der Waals surface area contributed by atoms with Crippen LogP contribution in [0.25, 0.3) is 0 Å². The molecular weight excluding hydrogens is 184 g/mol. The van der Waals surface area contributed by atoms with Gasteiger partial charge in [0, 0.05) is 12.3 Å². The summed E-state index contributed by atoms with van der Waals surface area (Å²) >= 11 is 0. The van der Waals surface area contributed by atoms with Crippen molar-refractivity contribution in [1.82, 2.24) is 0 Å². The highest BCUT2D eigenvalue weighted by Gasteiger charge is 2.48. The summed E-state index contributed by atoms with van der Waals surface area (Å²) in [5.74, 6) is 3.37. The maximum Gasteiger partial charge on any atom is 0.140 e. The van der Waals surface area contributed by atoms with Gasteiger partial charge in [-0.2, -0.15) is 0 Å². The Balaban J connectivity index is 1.90. The van der Waals surface area contributed by atoms with Gasteiger partial charge < -0.3 is 0 Å². The summed E-state index contributed by atoms with van der Waals surface area (Å²) in [5.41, 5.74) is 3.47. The Morgan fingerprint density at radius 2 is 1.33 bits per heavy atom. The fraction of sp³-hybridized carbons (Fsp3) is 0.786. The molecule has 15 heavy (non-hydrogen) atoms. The average Bonchev–Trinajstić information content (AvgIpc) is 2.31. The van der Waals surface area contributed by atoms with Gasteiger partial charge in [-0.1, -0.05) is 11.1 Å². The van der Waals surface area contributed by atoms with Crippen LogP contribution < -0.4 is 0 Å². The Labute approximate surface area is 90.9 Å². The van der Waals surface area contributed by atoms with Crippen LogP contribution in [0.5, 0.6) is 0 Å². The summed E-state index contributed by atoms with van der Waals surface area (Å²) < 4.78 is 0. The molecule has 6 rings (SSSR count). The number of Topliss-reactive ketones (excluding diaryl/α,β-unsaturated/α-hetero) is 1. The third-order valence-corrected chi connectivity index (χ3v) is 5.40. The lowest BCUT2D eigenvalue weighted by Gasteiger charge is -2.51. The van der Waals surface area contributed by atoms with Gasteiger partial charge in [0.15, 0.2) is 0 Å². The third kappa shape index (κ3) is 0.971. The Morgan fingerprint density at radius 1 is 0.733 bits per heavy atom. The van der Waals surface area contributed by atoms with Crippen molar-refractivity contribution in [3.05, 3.63) is 11.1 Å². The standard InChI is InChI=1S/C14H18O/c15-12-7-10-5-6-11(12)14-9-3-1-8(2-4-9)13(10)14/h8-11H,1-7H2. The zero-order valence-corrected chi connectivity index (χ0v) is 9.17. The van der Waals surface area contributed by atoms with Crippen LogP contribution in [-0.4, -0.2) is 5.78 Å². The van der Waals surface area contributed by atoms with E-state index in [4.69, 9.17) is 0 Å². The Bertz CT molecular complexity index is 358. The summed E-state index contributed by atoms with van der Waals surface area (Å²) in [6.45, 7) is 0. The number of hydrogen-bond acceptors (Lipinski definition) is 1. The van der Waals surface area contributed by atoms with Gasteiger partial charge in [-0.3, -0.25) is 4.79 Å². The van der Waals surface area contributed by atoms with Crippen LogP contribution in [0.4, 0.5) is 0 Å². The molecule has 2 fully saturated rings. The molecule has 0 heterocycles. The fourth-order valence-electron chi connectivity index (χ4n) is 4.85. The number of allylic oxidation sites excluding steroid dienone is 2. The van der Waals surface area contributed by atoms with E-state index < -0.39 is 0 Å². The van der Waals surface area contributed by atoms with Gasteiger partial charge in [0.25, 0.3) is 0 Å². The van der Waals surface area contributed by atoms with E-state index in [1.165, 1.54) is 38.5 Å². The molecule has 0 amide bonds. The van der Waals surface area contributed by atoms with Crippen LogP contribution in [0.1, 0.15) is 44.9 Å². The quantitative estimate of drug-likeness (QED) is 0.552. The van der Waals surface area contributed by atoms with Gasteiger partial charge in [0.05, 0.1) is 0 Å². The molecule has 6 aliphatic carbocycles. The van der Waals surface area contributed by atoms with Gasteiger partial charge in [-0.15, -0.1) is 0 Å². The summed E-state index contributed by atoms with van der Waals surface area (Å²) in [6, 6.07) is 0. The Morgan fingerprint density at radius 3 is 2.00 bits per heavy atom. The number of carbonyl (C=O) groups excluding carboxylic acids is 1. The van der Waals surface area contributed by atoms with Crippen molar-refractivity contribution in [3.8, 4) is 0 Å². The predicted molar refractivity (Wildman–Crippen MR) is 58.3 cm³/mol. The molecule has 0 aromatic carbocycles. The van der Waals surface area contributed by atoms with Gasteiger partial charge in [0.2, 0.25) is 0 Å². The first-order valence-electron chi connectivity index (χ1n) is 6.61. The molecule has 1 heteroatoms. The molecule has 2 atom stereocenters. The highest BCUT2D eigenvalue weighted by atomic mass is 16.1. The lowest BCUT2D eigenvalue weighted by atomic mass is 9.53. The monoisotopic (exact) mass is 202 g/mol. The fourth-order valence-corrected chi connectivity index (χ4v) is 4.85. The summed E-state index contributed by atoms with van der Waals surface area (Å²) in [5, 5.41) is 0. The van der Waals surface area contributed by atoms with E-state index in [1.54, 1.807) is 11.1 Å². The second kappa shape index (κ2) is 2.75. The molecule has 0 spiro atoms. The number of hydrogen-bond donors (Lipinski definition) is 0. The lowest BCUT2D eigenvalue weighted by molar-refractivity contribution is -0.126. The van der Waals surface area contributed by atoms with Crippen LogP contribution in [0.3, 0.4) is 0 Å². The van der Waals surface area contributed by atoms with Gasteiger partial charge >= 0.3 is 0 Å². The van der Waals surface area contributed by atoms with Crippen LogP contribution >= 0.6 is 0 Å². The molecule has 2 saturated carbocycles. The molecule has 80 valence electrons. The van der Waals surface area contributed by atoms with Crippen LogP contribution in [-0.2, 0) is 4.79 Å². The number of fused-ring (bicyclic) bond motifs is 4. The van der Waals surface area contributed by atoms with Crippen molar-refractivity contribution in [1.29, 1.82) is 0 Å². The van der Waals surface area contributed by atoms with Crippen molar-refractivity contribution in [2.24, 2.45) is 23.7 Å². The SMILES string of the molecule is O=C1CC2CCC1C1=C2C2CCC1CC2. The zero-order valence-electron chi connectivity index (χ0n) is 9.17. The van der Waals surface area contributed by atoms with E-state index >= 15 is 0 Å². The van der Waals surface area contributed by atoms with Crippen molar-refractivity contribution in [3.63, 3.8) is 0 Å². The topological polar surface area (TPSA) is 17.1 Å². The first kappa shape index (κ1) is 8.55. The maximum atomic E-state index is 12.0. The number of rotatable bonds is 0. The first-order chi connectivity index (χ1) is 7.34. The number of ketones is 1. The van der Waals surface area contributed by atoms with Gasteiger partial charge in [0.1, 0.15) is 5.78 Å². The van der Waals surface area contributed by atoms with Crippen LogP contribution in [0.2, 0.25) is 0 Å². The Hall–Kier alpha value is -0.590. The second-order valence-electron chi connectivity index (χ2n) is 5.96. The Kier molecular flexibility index (Phi) is 1.57. The molecule has 0 saturated heterocycles. The lowest BCUT2D eigenvalue weighted by Crippen LogP contribution is -2.43. The van der Waals surface area contributed by atoms with E-state index in [2.05, 4.69) is 0 Å². The van der Waals surface area contributed by atoms with E-state index in [0.29, 0.717) is 17.6 Å². The van der Waals surface area contributed by atoms with Crippen molar-refractivity contribution < 1.29 is 4.79 Å². The molecule has 0 aromatic heterocycles. The molecule has 4 bridgehead atoms. The van der Waals surface area contributed by atoms with Gasteiger partial charge in [-0.05, 0) is 56.3 Å². The van der Waals surface area contributed by atoms with Gasteiger partial charge in [-0.25, -0.2) is 0 Å². The summed E-state index contributed by atoms with van der Waals surface area (Å²) in [6.07, 6.45) is 9.04. The van der Waals surface area contributed by atoms with Crippen molar-refractivity contribution >= 4 is 5.78 Å². The molecule has 0 radical (unpaired) electrons.